The molecule has 102 valence electrons. The van der Waals surface area contributed by atoms with Crippen LogP contribution in [0.4, 0.5) is 0 Å². The second-order valence-corrected chi connectivity index (χ2v) is 5.24. The molecule has 0 saturated carbocycles. The summed E-state index contributed by atoms with van der Waals surface area (Å²) < 4.78 is 0. The molecule has 0 fully saturated rings. The lowest BCUT2D eigenvalue weighted by Crippen LogP contribution is -2.22. The summed E-state index contributed by atoms with van der Waals surface area (Å²) in [6, 6.07) is 17.3. The van der Waals surface area contributed by atoms with Crippen molar-refractivity contribution in [3.8, 4) is 6.07 Å². The van der Waals surface area contributed by atoms with E-state index in [0.29, 0.717) is 10.0 Å². The number of halogens is 2. The van der Waals surface area contributed by atoms with E-state index in [-0.39, 0.29) is 6.04 Å². The predicted molar refractivity (Wildman–Crippen MR) is 83.0 cm³/mol. The number of nitrogens with one attached hydrogen (secondary N) is 1. The van der Waals surface area contributed by atoms with Crippen molar-refractivity contribution in [2.75, 3.05) is 6.54 Å². The van der Waals surface area contributed by atoms with Gasteiger partial charge in [-0.1, -0.05) is 59.6 Å². The maximum atomic E-state index is 9.25. The number of nitriles is 1. The van der Waals surface area contributed by atoms with E-state index < -0.39 is 0 Å². The van der Waals surface area contributed by atoms with Crippen LogP contribution in [0.3, 0.4) is 0 Å². The Kier molecular flexibility index (Phi) is 5.43. The first-order chi connectivity index (χ1) is 9.70. The largest absolute Gasteiger partial charge is 0.298 e. The highest BCUT2D eigenvalue weighted by Crippen LogP contribution is 2.25. The van der Waals surface area contributed by atoms with Crippen LogP contribution >= 0.6 is 23.2 Å². The summed E-state index contributed by atoms with van der Waals surface area (Å²) >= 11 is 11.9. The molecule has 4 heteroatoms. The van der Waals surface area contributed by atoms with Gasteiger partial charge in [-0.2, -0.15) is 5.26 Å². The minimum Gasteiger partial charge on any atom is -0.298 e. The number of nitrogens with zero attached hydrogens (tertiary/aromatic N) is 1. The second-order valence-electron chi connectivity index (χ2n) is 4.43. The highest BCUT2D eigenvalue weighted by molar-refractivity contribution is 6.42. The van der Waals surface area contributed by atoms with Crippen LogP contribution in [-0.2, 0) is 6.42 Å². The van der Waals surface area contributed by atoms with Gasteiger partial charge in [0, 0.05) is 6.54 Å². The van der Waals surface area contributed by atoms with Crippen LogP contribution in [0.5, 0.6) is 0 Å². The van der Waals surface area contributed by atoms with Crippen molar-refractivity contribution < 1.29 is 0 Å². The van der Waals surface area contributed by atoms with Gasteiger partial charge in [-0.25, -0.2) is 0 Å². The zero-order valence-electron chi connectivity index (χ0n) is 10.8. The van der Waals surface area contributed by atoms with Crippen molar-refractivity contribution in [1.29, 1.82) is 5.26 Å². The summed E-state index contributed by atoms with van der Waals surface area (Å²) in [4.78, 5) is 0. The Morgan fingerprint density at radius 3 is 2.45 bits per heavy atom. The summed E-state index contributed by atoms with van der Waals surface area (Å²) in [7, 11) is 0. The third kappa shape index (κ3) is 3.98. The van der Waals surface area contributed by atoms with E-state index in [1.165, 1.54) is 5.56 Å². The number of hydrogen-bond donors (Lipinski definition) is 1. The van der Waals surface area contributed by atoms with Crippen molar-refractivity contribution in [3.05, 3.63) is 69.7 Å². The van der Waals surface area contributed by atoms with Gasteiger partial charge in [-0.05, 0) is 29.7 Å². The SMILES string of the molecule is N#C[C@H](NCCc1ccccc1)c1ccc(Cl)c(Cl)c1. The van der Waals surface area contributed by atoms with E-state index in [0.717, 1.165) is 18.5 Å². The standard InChI is InChI=1S/C16H14Cl2N2/c17-14-7-6-13(10-15(14)18)16(11-19)20-9-8-12-4-2-1-3-5-12/h1-7,10,16,20H,8-9H2/t16-/m0/s1. The third-order valence-corrected chi connectivity index (χ3v) is 3.75. The van der Waals surface area contributed by atoms with Gasteiger partial charge in [-0.3, -0.25) is 5.32 Å². The van der Waals surface area contributed by atoms with Gasteiger partial charge >= 0.3 is 0 Å². The first-order valence-corrected chi connectivity index (χ1v) is 7.08. The molecule has 20 heavy (non-hydrogen) atoms. The molecule has 0 aliphatic rings. The Morgan fingerprint density at radius 2 is 1.80 bits per heavy atom. The van der Waals surface area contributed by atoms with Gasteiger partial charge in [0.15, 0.2) is 0 Å². The molecule has 0 spiro atoms. The van der Waals surface area contributed by atoms with E-state index in [1.807, 2.05) is 24.3 Å². The van der Waals surface area contributed by atoms with Crippen molar-refractivity contribution >= 4 is 23.2 Å². The van der Waals surface area contributed by atoms with Gasteiger partial charge in [0.2, 0.25) is 0 Å². The van der Waals surface area contributed by atoms with E-state index in [2.05, 4.69) is 23.5 Å². The molecule has 0 radical (unpaired) electrons. The molecule has 0 amide bonds. The van der Waals surface area contributed by atoms with E-state index in [4.69, 9.17) is 23.2 Å². The zero-order valence-corrected chi connectivity index (χ0v) is 12.3. The molecule has 2 nitrogen and oxygen atoms in total. The Labute approximate surface area is 128 Å². The Morgan fingerprint density at radius 1 is 1.05 bits per heavy atom. The first-order valence-electron chi connectivity index (χ1n) is 6.32. The fraction of sp³-hybridized carbons (Fsp3) is 0.188. The molecule has 0 unspecified atom stereocenters. The van der Waals surface area contributed by atoms with Crippen LogP contribution < -0.4 is 5.32 Å². The van der Waals surface area contributed by atoms with Crippen molar-refractivity contribution in [1.82, 2.24) is 5.32 Å². The second kappa shape index (κ2) is 7.31. The first kappa shape index (κ1) is 14.9. The molecule has 0 aliphatic carbocycles. The summed E-state index contributed by atoms with van der Waals surface area (Å²) in [6.07, 6.45) is 0.875. The topological polar surface area (TPSA) is 35.8 Å². The van der Waals surface area contributed by atoms with Crippen LogP contribution in [-0.4, -0.2) is 6.54 Å². The van der Waals surface area contributed by atoms with Crippen LogP contribution in [0.15, 0.2) is 48.5 Å². The minimum absolute atomic E-state index is 0.381. The molecule has 0 aromatic heterocycles. The number of hydrogen-bond acceptors (Lipinski definition) is 2. The lowest BCUT2D eigenvalue weighted by atomic mass is 10.1. The summed E-state index contributed by atoms with van der Waals surface area (Å²) in [5, 5.41) is 13.4. The summed E-state index contributed by atoms with van der Waals surface area (Å²) in [5.74, 6) is 0. The molecule has 0 aliphatic heterocycles. The van der Waals surface area contributed by atoms with E-state index in [1.54, 1.807) is 12.1 Å². The van der Waals surface area contributed by atoms with Crippen LogP contribution in [0.2, 0.25) is 10.0 Å². The highest BCUT2D eigenvalue weighted by atomic mass is 35.5. The fourth-order valence-electron chi connectivity index (χ4n) is 1.94. The lowest BCUT2D eigenvalue weighted by molar-refractivity contribution is 0.629. The van der Waals surface area contributed by atoms with Gasteiger partial charge in [0.1, 0.15) is 6.04 Å². The van der Waals surface area contributed by atoms with Gasteiger partial charge in [-0.15, -0.1) is 0 Å². The third-order valence-electron chi connectivity index (χ3n) is 3.01. The molecule has 2 aromatic rings. The van der Waals surface area contributed by atoms with Crippen molar-refractivity contribution in [3.63, 3.8) is 0 Å². The number of benzene rings is 2. The maximum Gasteiger partial charge on any atom is 0.121 e. The Hall–Kier alpha value is -1.53. The molecule has 0 bridgehead atoms. The Balaban J connectivity index is 1.96. The average molecular weight is 305 g/mol. The smallest absolute Gasteiger partial charge is 0.121 e. The quantitative estimate of drug-likeness (QED) is 0.889. The number of rotatable bonds is 5. The highest BCUT2D eigenvalue weighted by Gasteiger charge is 2.11. The normalized spacial score (nSPS) is 11.8. The summed E-state index contributed by atoms with van der Waals surface area (Å²) in [6.45, 7) is 0.725. The monoisotopic (exact) mass is 304 g/mol. The lowest BCUT2D eigenvalue weighted by Gasteiger charge is -2.12. The van der Waals surface area contributed by atoms with Crippen molar-refractivity contribution in [2.45, 2.75) is 12.5 Å². The maximum absolute atomic E-state index is 9.25. The molecule has 0 saturated heterocycles. The molecular weight excluding hydrogens is 291 g/mol. The molecule has 2 aromatic carbocycles. The molecule has 0 heterocycles. The van der Waals surface area contributed by atoms with Crippen LogP contribution in [0, 0.1) is 11.3 Å². The van der Waals surface area contributed by atoms with Crippen LogP contribution in [0.1, 0.15) is 17.2 Å². The van der Waals surface area contributed by atoms with Gasteiger partial charge < -0.3 is 0 Å². The minimum atomic E-state index is -0.381. The predicted octanol–water partition coefficient (Wildman–Crippen LogP) is 4.39. The van der Waals surface area contributed by atoms with Gasteiger partial charge in [0.05, 0.1) is 16.1 Å². The average Bonchev–Trinajstić information content (AvgIpc) is 2.48. The van der Waals surface area contributed by atoms with E-state index in [9.17, 15) is 5.26 Å². The van der Waals surface area contributed by atoms with E-state index >= 15 is 0 Å². The zero-order chi connectivity index (χ0) is 14.4. The van der Waals surface area contributed by atoms with Crippen molar-refractivity contribution in [2.24, 2.45) is 0 Å². The Bertz CT molecular complexity index is 606. The summed E-state index contributed by atoms with van der Waals surface area (Å²) in [5.41, 5.74) is 2.07. The molecule has 2 rings (SSSR count). The van der Waals surface area contributed by atoms with Crippen LogP contribution in [0.25, 0.3) is 0 Å². The molecular formula is C16H14Cl2N2. The van der Waals surface area contributed by atoms with Gasteiger partial charge in [0.25, 0.3) is 0 Å². The fourth-order valence-corrected chi connectivity index (χ4v) is 2.24. The molecule has 1 atom stereocenters. The molecule has 1 N–H and O–H groups in total.